The normalized spacial score (nSPS) is 19.6. The number of nitrogens with zero attached hydrogens (tertiary/aromatic N) is 6. The van der Waals surface area contributed by atoms with Crippen LogP contribution >= 0.6 is 0 Å². The first kappa shape index (κ1) is 36.2. The molecule has 0 amide bonds. The lowest BCUT2D eigenvalue weighted by Gasteiger charge is -2.29. The van der Waals surface area contributed by atoms with E-state index in [1.165, 1.54) is 44.6 Å². The van der Waals surface area contributed by atoms with Crippen LogP contribution in [-0.4, -0.2) is 55.6 Å². The molecule has 12 heteroatoms. The van der Waals surface area contributed by atoms with E-state index in [1.807, 2.05) is 38.1 Å². The second-order valence-electron chi connectivity index (χ2n) is 15.3. The number of aliphatic imine (C=N–C) groups is 4. The average Bonchev–Trinajstić information content (AvgIpc) is 3.72. The summed E-state index contributed by atoms with van der Waals surface area (Å²) in [6, 6.07) is 20.9. The van der Waals surface area contributed by atoms with E-state index in [0.717, 1.165) is 94.8 Å². The van der Waals surface area contributed by atoms with Crippen molar-refractivity contribution in [1.29, 1.82) is 5.41 Å². The van der Waals surface area contributed by atoms with Crippen LogP contribution in [0.5, 0.6) is 0 Å². The summed E-state index contributed by atoms with van der Waals surface area (Å²) < 4.78 is 12.0. The molecule has 5 aliphatic rings. The molecule has 57 heavy (non-hydrogen) atoms. The molecule has 2 bridgehead atoms. The fourth-order valence-corrected chi connectivity index (χ4v) is 8.21. The highest BCUT2D eigenvalue weighted by atomic mass is 16.4. The number of piperidine rings is 2. The first-order valence-electron chi connectivity index (χ1n) is 20.1. The second-order valence-corrected chi connectivity index (χ2v) is 15.3. The molecule has 2 aromatic carbocycles. The third kappa shape index (κ3) is 7.72. The van der Waals surface area contributed by atoms with Gasteiger partial charge in [0.1, 0.15) is 23.2 Å². The molecule has 5 N–H and O–H groups in total. The molecule has 0 radical (unpaired) electrons. The summed E-state index contributed by atoms with van der Waals surface area (Å²) in [5.41, 5.74) is 15.2. The van der Waals surface area contributed by atoms with Crippen molar-refractivity contribution in [3.8, 4) is 0 Å². The van der Waals surface area contributed by atoms with Crippen LogP contribution in [0.1, 0.15) is 67.6 Å². The van der Waals surface area contributed by atoms with Gasteiger partial charge in [-0.15, -0.1) is 0 Å². The van der Waals surface area contributed by atoms with Crippen LogP contribution in [0.15, 0.2) is 119 Å². The van der Waals surface area contributed by atoms with Crippen molar-refractivity contribution in [1.82, 2.24) is 0 Å². The lowest BCUT2D eigenvalue weighted by atomic mass is 9.96. The predicted molar refractivity (Wildman–Crippen MR) is 233 cm³/mol. The Hall–Kier alpha value is -6.43. The van der Waals surface area contributed by atoms with E-state index < -0.39 is 0 Å². The summed E-state index contributed by atoms with van der Waals surface area (Å²) in [6.07, 6.45) is 14.8. The number of furan rings is 2. The zero-order valence-electron chi connectivity index (χ0n) is 32.5. The zero-order chi connectivity index (χ0) is 38.9. The Kier molecular flexibility index (Phi) is 9.92. The van der Waals surface area contributed by atoms with Crippen molar-refractivity contribution >= 4 is 69.6 Å². The van der Waals surface area contributed by atoms with E-state index in [9.17, 15) is 0 Å². The van der Waals surface area contributed by atoms with Crippen molar-refractivity contribution in [2.24, 2.45) is 31.6 Å². The molecule has 5 aliphatic heterocycles. The number of rotatable bonds is 10. The van der Waals surface area contributed by atoms with E-state index in [0.29, 0.717) is 29.9 Å². The van der Waals surface area contributed by atoms with Gasteiger partial charge in [0, 0.05) is 67.0 Å². The maximum Gasteiger partial charge on any atom is 0.197 e. The molecule has 0 aliphatic carbocycles. The summed E-state index contributed by atoms with van der Waals surface area (Å²) in [4.78, 5) is 25.3. The molecular formula is C45H48N10O2. The minimum Gasteiger partial charge on any atom is -0.446 e. The highest BCUT2D eigenvalue weighted by Gasteiger charge is 2.34. The van der Waals surface area contributed by atoms with Crippen molar-refractivity contribution in [2.75, 3.05) is 46.6 Å². The first-order valence-corrected chi connectivity index (χ1v) is 20.1. The molecule has 2 fully saturated rings. The van der Waals surface area contributed by atoms with Gasteiger partial charge in [-0.1, -0.05) is 0 Å². The van der Waals surface area contributed by atoms with Gasteiger partial charge in [0.2, 0.25) is 0 Å². The number of benzene rings is 2. The SMILES string of the molecule is Cc1ccc(Nc2cc(N3CCCCC3)ccc2C2=CC3=CC(c4ccc(N5CCCCC5)cc4Nc4ccc(C)o4)=NC4=NC(/C(N)=C/C=N)=NC(=N2)C4C3)o1. The zero-order valence-corrected chi connectivity index (χ0v) is 32.5. The molecule has 12 nitrogen and oxygen atoms in total. The monoisotopic (exact) mass is 760 g/mol. The van der Waals surface area contributed by atoms with E-state index in [1.54, 1.807) is 0 Å². The third-order valence-electron chi connectivity index (χ3n) is 11.1. The molecule has 0 spiro atoms. The number of hydrogen-bond donors (Lipinski definition) is 4. The van der Waals surface area contributed by atoms with Gasteiger partial charge in [-0.3, -0.25) is 0 Å². The largest absolute Gasteiger partial charge is 0.446 e. The Balaban J connectivity index is 1.20. The number of nitrogens with two attached hydrogens (primary N) is 1. The van der Waals surface area contributed by atoms with Gasteiger partial charge in [0.25, 0.3) is 0 Å². The molecule has 1 atom stereocenters. The molecule has 2 saturated heterocycles. The van der Waals surface area contributed by atoms with E-state index in [-0.39, 0.29) is 17.5 Å². The van der Waals surface area contributed by atoms with Gasteiger partial charge < -0.3 is 40.4 Å². The maximum absolute atomic E-state index is 7.72. The minimum atomic E-state index is -0.312. The summed E-state index contributed by atoms with van der Waals surface area (Å²) in [7, 11) is 0. The molecule has 0 saturated carbocycles. The number of fused-ring (bicyclic) bond motifs is 1. The van der Waals surface area contributed by atoms with Crippen LogP contribution in [0.3, 0.4) is 0 Å². The summed E-state index contributed by atoms with van der Waals surface area (Å²) in [6.45, 7) is 8.00. The summed E-state index contributed by atoms with van der Waals surface area (Å²) in [5.74, 6) is 4.09. The number of anilines is 6. The summed E-state index contributed by atoms with van der Waals surface area (Å²) in [5, 5.41) is 14.9. The molecular weight excluding hydrogens is 713 g/mol. The van der Waals surface area contributed by atoms with E-state index >= 15 is 0 Å². The summed E-state index contributed by atoms with van der Waals surface area (Å²) >= 11 is 0. The van der Waals surface area contributed by atoms with Gasteiger partial charge >= 0.3 is 0 Å². The third-order valence-corrected chi connectivity index (χ3v) is 11.1. The van der Waals surface area contributed by atoms with Crippen molar-refractivity contribution < 1.29 is 8.83 Å². The molecule has 7 heterocycles. The smallest absolute Gasteiger partial charge is 0.197 e. The van der Waals surface area contributed by atoms with Gasteiger partial charge in [0.05, 0.1) is 34.4 Å². The first-order chi connectivity index (χ1) is 27.9. The molecule has 1 unspecified atom stereocenters. The second kappa shape index (κ2) is 15.6. The Morgan fingerprint density at radius 2 is 1.28 bits per heavy atom. The quantitative estimate of drug-likeness (QED) is 0.117. The Morgan fingerprint density at radius 3 is 1.86 bits per heavy atom. The molecule has 290 valence electrons. The number of allylic oxidation sites excluding steroid dienone is 4. The van der Waals surface area contributed by atoms with E-state index in [4.69, 9.17) is 39.9 Å². The minimum absolute atomic E-state index is 0.269. The van der Waals surface area contributed by atoms with Crippen molar-refractivity contribution in [3.05, 3.63) is 113 Å². The highest BCUT2D eigenvalue weighted by molar-refractivity contribution is 6.27. The van der Waals surface area contributed by atoms with Crippen LogP contribution in [0, 0.1) is 25.2 Å². The van der Waals surface area contributed by atoms with Gasteiger partial charge in [-0.2, -0.15) is 0 Å². The standard InChI is InChI=1S/C45H48N10O2/c1-28-9-15-41(56-28)48-39-26-31(54-19-5-3-6-20-54)11-13-33(39)37-24-30-23-35-43(50-37)52-45(36(47)17-18-46)53-44(35)51-38(25-30)34-14-12-32(55-21-7-4-8-22-55)27-40(34)49-42-16-10-29(2)57-42/h9-18,24-27,35,46,48-49H,3-8,19-23,47H2,1-2H3/b36-17-,46-18?. The number of aryl methyl sites for hydroxylation is 2. The fraction of sp³-hybridized carbons (Fsp3) is 0.311. The van der Waals surface area contributed by atoms with Gasteiger partial charge in [0.15, 0.2) is 17.6 Å². The topological polar surface area (TPSA) is 156 Å². The van der Waals surface area contributed by atoms with Crippen LogP contribution < -0.4 is 26.2 Å². The average molecular weight is 761 g/mol. The van der Waals surface area contributed by atoms with Gasteiger partial charge in [-0.05, 0) is 131 Å². The van der Waals surface area contributed by atoms with E-state index in [2.05, 4.69) is 69.0 Å². The molecule has 2 aromatic heterocycles. The fourth-order valence-electron chi connectivity index (χ4n) is 8.21. The van der Waals surface area contributed by atoms with Crippen LogP contribution in [0.2, 0.25) is 0 Å². The lowest BCUT2D eigenvalue weighted by molar-refractivity contribution is 0.550. The molecule has 4 aromatic rings. The Bertz CT molecular complexity index is 2320. The van der Waals surface area contributed by atoms with Crippen molar-refractivity contribution in [2.45, 2.75) is 58.8 Å². The van der Waals surface area contributed by atoms with Crippen molar-refractivity contribution in [3.63, 3.8) is 0 Å². The predicted octanol–water partition coefficient (Wildman–Crippen LogP) is 9.45. The van der Waals surface area contributed by atoms with Crippen LogP contribution in [0.25, 0.3) is 5.70 Å². The lowest BCUT2D eigenvalue weighted by Crippen LogP contribution is -2.30. The number of nitrogens with one attached hydrogen (secondary N) is 3. The number of amidine groups is 3. The molecule has 9 rings (SSSR count). The Labute approximate surface area is 332 Å². The maximum atomic E-state index is 7.72. The Morgan fingerprint density at radius 1 is 0.702 bits per heavy atom. The van der Waals surface area contributed by atoms with Gasteiger partial charge in [-0.25, -0.2) is 20.0 Å². The van der Waals surface area contributed by atoms with Crippen LogP contribution in [-0.2, 0) is 0 Å². The number of hydrogen-bond acceptors (Lipinski definition) is 12. The van der Waals surface area contributed by atoms with Crippen LogP contribution in [0.4, 0.5) is 34.5 Å². The highest BCUT2D eigenvalue weighted by Crippen LogP contribution is 2.39.